The van der Waals surface area contributed by atoms with Crippen molar-refractivity contribution < 1.29 is 4.42 Å². The number of nitrogens with one attached hydrogen (secondary N) is 1. The summed E-state index contributed by atoms with van der Waals surface area (Å²) in [6, 6.07) is 10.8. The van der Waals surface area contributed by atoms with Gasteiger partial charge in [-0.1, -0.05) is 12.1 Å². The third-order valence-electron chi connectivity index (χ3n) is 3.08. The number of hydrogen-bond acceptors (Lipinski definition) is 5. The average molecular weight is 282 g/mol. The molecule has 0 fully saturated rings. The number of para-hydroxylation sites is 1. The van der Waals surface area contributed by atoms with Gasteiger partial charge in [0.15, 0.2) is 0 Å². The van der Waals surface area contributed by atoms with E-state index in [-0.39, 0.29) is 5.56 Å². The van der Waals surface area contributed by atoms with E-state index in [0.29, 0.717) is 29.2 Å². The summed E-state index contributed by atoms with van der Waals surface area (Å²) < 4.78 is 6.69. The summed E-state index contributed by atoms with van der Waals surface area (Å²) in [5.41, 5.74) is 3.35. The van der Waals surface area contributed by atoms with Crippen molar-refractivity contribution >= 4 is 23.1 Å². The molecule has 2 heterocycles. The van der Waals surface area contributed by atoms with Crippen LogP contribution >= 0.6 is 0 Å². The molecule has 6 nitrogen and oxygen atoms in total. The number of rotatable bonds is 4. The molecule has 0 atom stereocenters. The molecule has 0 saturated carbocycles. The Morgan fingerprint density at radius 2 is 2.19 bits per heavy atom. The van der Waals surface area contributed by atoms with E-state index in [1.54, 1.807) is 35.1 Å². The molecule has 3 aromatic rings. The first-order chi connectivity index (χ1) is 10.3. The number of fused-ring (bicyclic) bond motifs is 1. The zero-order valence-electron chi connectivity index (χ0n) is 11.5. The second-order valence-corrected chi connectivity index (χ2v) is 4.39. The van der Waals surface area contributed by atoms with E-state index in [4.69, 9.17) is 4.42 Å². The van der Waals surface area contributed by atoms with Crippen molar-refractivity contribution in [3.05, 3.63) is 58.8 Å². The molecular weight excluding hydrogens is 268 g/mol. The van der Waals surface area contributed by atoms with Crippen LogP contribution in [0.5, 0.6) is 0 Å². The molecule has 0 saturated heterocycles. The molecule has 3 rings (SSSR count). The normalized spacial score (nSPS) is 11.3. The summed E-state index contributed by atoms with van der Waals surface area (Å²) in [6.45, 7) is 2.40. The third kappa shape index (κ3) is 2.55. The summed E-state index contributed by atoms with van der Waals surface area (Å²) in [5.74, 6) is 1.03. The smallest absolute Gasteiger partial charge is 0.262 e. The summed E-state index contributed by atoms with van der Waals surface area (Å²) in [4.78, 5) is 16.8. The third-order valence-corrected chi connectivity index (χ3v) is 3.08. The standard InChI is InChI=1S/C15H14N4O2/c1-2-19-14(20)12-7-3-4-8-13(12)17-15(19)18-16-10-11-6-5-9-21-11/h3-10H,2H2,1H3,(H,17,18)/b16-10-. The highest BCUT2D eigenvalue weighted by Gasteiger charge is 2.08. The lowest BCUT2D eigenvalue weighted by Crippen LogP contribution is -2.23. The van der Waals surface area contributed by atoms with Gasteiger partial charge in [0.2, 0.25) is 5.95 Å². The van der Waals surface area contributed by atoms with Gasteiger partial charge >= 0.3 is 0 Å². The van der Waals surface area contributed by atoms with E-state index in [0.717, 1.165) is 0 Å². The van der Waals surface area contributed by atoms with Crippen molar-refractivity contribution in [3.8, 4) is 0 Å². The quantitative estimate of drug-likeness (QED) is 0.589. The van der Waals surface area contributed by atoms with Gasteiger partial charge in [-0.05, 0) is 31.2 Å². The highest BCUT2D eigenvalue weighted by molar-refractivity contribution is 5.79. The Hall–Kier alpha value is -2.89. The molecule has 0 amide bonds. The highest BCUT2D eigenvalue weighted by Crippen LogP contribution is 2.11. The highest BCUT2D eigenvalue weighted by atomic mass is 16.3. The fraction of sp³-hybridized carbons (Fsp3) is 0.133. The number of anilines is 1. The molecule has 0 aliphatic carbocycles. The van der Waals surface area contributed by atoms with Gasteiger partial charge in [0.05, 0.1) is 23.4 Å². The van der Waals surface area contributed by atoms with Gasteiger partial charge in [-0.25, -0.2) is 10.4 Å². The molecule has 2 aromatic heterocycles. The van der Waals surface area contributed by atoms with Crippen molar-refractivity contribution in [1.82, 2.24) is 9.55 Å². The number of benzene rings is 1. The predicted octanol–water partition coefficient (Wildman–Crippen LogP) is 2.46. The number of nitrogens with zero attached hydrogens (tertiary/aromatic N) is 3. The van der Waals surface area contributed by atoms with Gasteiger partial charge in [0, 0.05) is 6.54 Å². The number of hydrazone groups is 1. The molecular formula is C15H14N4O2. The topological polar surface area (TPSA) is 72.4 Å². The van der Waals surface area contributed by atoms with Crippen LogP contribution in [0.15, 0.2) is 57.0 Å². The fourth-order valence-corrected chi connectivity index (χ4v) is 2.07. The molecule has 106 valence electrons. The van der Waals surface area contributed by atoms with Crippen LogP contribution in [0.2, 0.25) is 0 Å². The van der Waals surface area contributed by atoms with Crippen LogP contribution in [0.1, 0.15) is 12.7 Å². The summed E-state index contributed by atoms with van der Waals surface area (Å²) in [7, 11) is 0. The zero-order chi connectivity index (χ0) is 14.7. The predicted molar refractivity (Wildman–Crippen MR) is 81.6 cm³/mol. The minimum Gasteiger partial charge on any atom is -0.463 e. The van der Waals surface area contributed by atoms with E-state index in [2.05, 4.69) is 15.5 Å². The van der Waals surface area contributed by atoms with Crippen molar-refractivity contribution in [2.24, 2.45) is 5.10 Å². The van der Waals surface area contributed by atoms with Gasteiger partial charge in [0.25, 0.3) is 5.56 Å². The largest absolute Gasteiger partial charge is 0.463 e. The lowest BCUT2D eigenvalue weighted by molar-refractivity contribution is 0.560. The van der Waals surface area contributed by atoms with Gasteiger partial charge in [-0.3, -0.25) is 9.36 Å². The van der Waals surface area contributed by atoms with E-state index in [9.17, 15) is 4.79 Å². The van der Waals surface area contributed by atoms with Gasteiger partial charge in [-0.15, -0.1) is 0 Å². The fourth-order valence-electron chi connectivity index (χ4n) is 2.07. The molecule has 0 radical (unpaired) electrons. The van der Waals surface area contributed by atoms with Crippen LogP contribution in [-0.2, 0) is 6.54 Å². The monoisotopic (exact) mass is 282 g/mol. The van der Waals surface area contributed by atoms with E-state index < -0.39 is 0 Å². The van der Waals surface area contributed by atoms with E-state index in [1.165, 1.54) is 6.21 Å². The van der Waals surface area contributed by atoms with Crippen LogP contribution in [-0.4, -0.2) is 15.8 Å². The maximum absolute atomic E-state index is 12.4. The van der Waals surface area contributed by atoms with Gasteiger partial charge in [0.1, 0.15) is 5.76 Å². The Balaban J connectivity index is 1.99. The first kappa shape index (κ1) is 13.1. The lowest BCUT2D eigenvalue weighted by atomic mass is 10.2. The van der Waals surface area contributed by atoms with Gasteiger partial charge in [-0.2, -0.15) is 5.10 Å². The van der Waals surface area contributed by atoms with Crippen LogP contribution in [0.4, 0.5) is 5.95 Å². The molecule has 0 bridgehead atoms. The molecule has 0 spiro atoms. The zero-order valence-corrected chi connectivity index (χ0v) is 11.5. The Kier molecular flexibility index (Phi) is 3.51. The molecule has 0 unspecified atom stereocenters. The SMILES string of the molecule is CCn1c(N/N=C\c2ccco2)nc2ccccc2c1=O. The van der Waals surface area contributed by atoms with Crippen molar-refractivity contribution in [1.29, 1.82) is 0 Å². The molecule has 6 heteroatoms. The van der Waals surface area contributed by atoms with Crippen molar-refractivity contribution in [3.63, 3.8) is 0 Å². The van der Waals surface area contributed by atoms with Crippen molar-refractivity contribution in [2.45, 2.75) is 13.5 Å². The van der Waals surface area contributed by atoms with Crippen LogP contribution in [0, 0.1) is 0 Å². The summed E-state index contributed by atoms with van der Waals surface area (Å²) in [5, 5.41) is 4.65. The first-order valence-corrected chi connectivity index (χ1v) is 6.61. The molecule has 1 N–H and O–H groups in total. The molecule has 1 aromatic carbocycles. The second kappa shape index (κ2) is 5.62. The first-order valence-electron chi connectivity index (χ1n) is 6.61. The van der Waals surface area contributed by atoms with E-state index in [1.807, 2.05) is 19.1 Å². The summed E-state index contributed by atoms with van der Waals surface area (Å²) in [6.07, 6.45) is 3.10. The maximum atomic E-state index is 12.4. The van der Waals surface area contributed by atoms with Gasteiger partial charge < -0.3 is 4.42 Å². The Morgan fingerprint density at radius 3 is 2.95 bits per heavy atom. The molecule has 21 heavy (non-hydrogen) atoms. The summed E-state index contributed by atoms with van der Waals surface area (Å²) >= 11 is 0. The van der Waals surface area contributed by atoms with Crippen LogP contribution in [0.3, 0.4) is 0 Å². The molecule has 0 aliphatic heterocycles. The Bertz CT molecular complexity index is 835. The van der Waals surface area contributed by atoms with Crippen molar-refractivity contribution in [2.75, 3.05) is 5.43 Å². The number of furan rings is 1. The van der Waals surface area contributed by atoms with E-state index >= 15 is 0 Å². The minimum absolute atomic E-state index is 0.0844. The maximum Gasteiger partial charge on any atom is 0.262 e. The van der Waals surface area contributed by atoms with Crippen LogP contribution in [0.25, 0.3) is 10.9 Å². The van der Waals surface area contributed by atoms with Crippen LogP contribution < -0.4 is 11.0 Å². The number of hydrogen-bond donors (Lipinski definition) is 1. The Labute approximate surface area is 120 Å². The second-order valence-electron chi connectivity index (χ2n) is 4.39. The molecule has 0 aliphatic rings. The number of aromatic nitrogens is 2. The Morgan fingerprint density at radius 1 is 1.33 bits per heavy atom. The lowest BCUT2D eigenvalue weighted by Gasteiger charge is -2.10. The average Bonchev–Trinajstić information content (AvgIpc) is 3.01. The minimum atomic E-state index is -0.0844.